The van der Waals surface area contributed by atoms with Gasteiger partial charge in [0, 0.05) is 10.3 Å². The van der Waals surface area contributed by atoms with E-state index in [0.717, 1.165) is 17.9 Å². The van der Waals surface area contributed by atoms with Gasteiger partial charge in [-0.25, -0.2) is 0 Å². The summed E-state index contributed by atoms with van der Waals surface area (Å²) >= 11 is 13.9. The van der Waals surface area contributed by atoms with E-state index in [4.69, 9.17) is 23.2 Å². The van der Waals surface area contributed by atoms with E-state index in [1.807, 2.05) is 24.3 Å². The second-order valence-corrected chi connectivity index (χ2v) is 7.18. The molecule has 0 heterocycles. The Bertz CT molecular complexity index is 705. The van der Waals surface area contributed by atoms with Gasteiger partial charge in [0.15, 0.2) is 0 Å². The highest BCUT2D eigenvalue weighted by Gasteiger charge is 2.25. The van der Waals surface area contributed by atoms with Crippen LogP contribution in [0.25, 0.3) is 0 Å². The van der Waals surface area contributed by atoms with Gasteiger partial charge in [0.2, 0.25) is 5.91 Å². The topological polar surface area (TPSA) is 29.1 Å². The lowest BCUT2D eigenvalue weighted by Gasteiger charge is -2.12. The van der Waals surface area contributed by atoms with Crippen molar-refractivity contribution in [1.29, 1.82) is 0 Å². The van der Waals surface area contributed by atoms with E-state index in [1.54, 1.807) is 23.9 Å². The molecule has 0 fully saturated rings. The van der Waals surface area contributed by atoms with Crippen LogP contribution >= 0.6 is 35.0 Å². The molecule has 2 aromatic carbocycles. The van der Waals surface area contributed by atoms with Crippen LogP contribution in [0.5, 0.6) is 0 Å². The summed E-state index contributed by atoms with van der Waals surface area (Å²) in [4.78, 5) is 12.1. The number of fused-ring (bicyclic) bond motifs is 1. The molecular weight excluding hydrogens is 337 g/mol. The lowest BCUT2D eigenvalue weighted by molar-refractivity contribution is -0.113. The van der Waals surface area contributed by atoms with Crippen LogP contribution in [-0.4, -0.2) is 11.7 Å². The van der Waals surface area contributed by atoms with E-state index < -0.39 is 0 Å². The Hall–Kier alpha value is -1.16. The highest BCUT2D eigenvalue weighted by Crippen LogP contribution is 2.43. The Balaban J connectivity index is 1.59. The van der Waals surface area contributed by atoms with E-state index in [2.05, 4.69) is 11.4 Å². The molecule has 0 saturated carbocycles. The second-order valence-electron chi connectivity index (χ2n) is 5.17. The van der Waals surface area contributed by atoms with Crippen LogP contribution in [0.1, 0.15) is 22.8 Å². The number of anilines is 1. The van der Waals surface area contributed by atoms with Gasteiger partial charge in [-0.15, -0.1) is 11.8 Å². The molecule has 1 aliphatic carbocycles. The number of rotatable bonds is 4. The van der Waals surface area contributed by atoms with Gasteiger partial charge >= 0.3 is 0 Å². The summed E-state index contributed by atoms with van der Waals surface area (Å²) in [6, 6.07) is 13.3. The number of carbonyl (C=O) groups is 1. The monoisotopic (exact) mass is 351 g/mol. The molecule has 2 aromatic rings. The number of amides is 1. The number of carbonyl (C=O) groups excluding carboxylic acids is 1. The first-order valence-electron chi connectivity index (χ1n) is 7.08. The standard InChI is InChI=1S/C17H15Cl2NOS/c18-13-6-3-4-12-11(13)8-9-16(12)22-10-17(21)20-15-7-2-1-5-14(15)19/h1-7,16H,8-10H2,(H,20,21)/t16-/m1/s1. The van der Waals surface area contributed by atoms with Crippen molar-refractivity contribution in [2.75, 3.05) is 11.1 Å². The zero-order chi connectivity index (χ0) is 15.5. The molecule has 0 spiro atoms. The molecule has 1 amide bonds. The maximum Gasteiger partial charge on any atom is 0.234 e. The van der Waals surface area contributed by atoms with Crippen LogP contribution in [0, 0.1) is 0 Å². The van der Waals surface area contributed by atoms with Crippen molar-refractivity contribution < 1.29 is 4.79 Å². The van der Waals surface area contributed by atoms with E-state index in [1.165, 1.54) is 11.1 Å². The molecule has 2 nitrogen and oxygen atoms in total. The fraction of sp³-hybridized carbons (Fsp3) is 0.235. The molecule has 5 heteroatoms. The third kappa shape index (κ3) is 3.43. The predicted octanol–water partition coefficient (Wildman–Crippen LogP) is 5.35. The Morgan fingerprint density at radius 2 is 1.91 bits per heavy atom. The van der Waals surface area contributed by atoms with Gasteiger partial charge in [0.1, 0.15) is 0 Å². The molecule has 22 heavy (non-hydrogen) atoms. The molecule has 114 valence electrons. The van der Waals surface area contributed by atoms with Crippen LogP contribution in [0.2, 0.25) is 10.0 Å². The molecule has 1 atom stereocenters. The van der Waals surface area contributed by atoms with Crippen molar-refractivity contribution in [3.8, 4) is 0 Å². The van der Waals surface area contributed by atoms with Gasteiger partial charge in [0.25, 0.3) is 0 Å². The fourth-order valence-electron chi connectivity index (χ4n) is 2.67. The van der Waals surface area contributed by atoms with Crippen molar-refractivity contribution in [3.05, 3.63) is 63.6 Å². The first kappa shape index (κ1) is 15.7. The molecule has 3 rings (SSSR count). The number of benzene rings is 2. The third-order valence-corrected chi connectivity index (χ3v) is 5.73. The Kier molecular flexibility index (Phi) is 4.97. The highest BCUT2D eigenvalue weighted by molar-refractivity contribution is 8.00. The molecule has 0 bridgehead atoms. The van der Waals surface area contributed by atoms with E-state index in [9.17, 15) is 4.79 Å². The summed E-state index contributed by atoms with van der Waals surface area (Å²) in [6.45, 7) is 0. The van der Waals surface area contributed by atoms with Crippen LogP contribution < -0.4 is 5.32 Å². The number of nitrogens with one attached hydrogen (secondary N) is 1. The summed E-state index contributed by atoms with van der Waals surface area (Å²) in [6.07, 6.45) is 2.02. The zero-order valence-corrected chi connectivity index (χ0v) is 14.1. The lowest BCUT2D eigenvalue weighted by atomic mass is 10.1. The predicted molar refractivity (Wildman–Crippen MR) is 95.1 cm³/mol. The SMILES string of the molecule is O=C(CS[C@@H]1CCc2c(Cl)cccc21)Nc1ccccc1Cl. The minimum Gasteiger partial charge on any atom is -0.324 e. The number of thioether (sulfide) groups is 1. The van der Waals surface area contributed by atoms with Crippen LogP contribution in [0.4, 0.5) is 5.69 Å². The smallest absolute Gasteiger partial charge is 0.234 e. The number of para-hydroxylation sites is 1. The number of hydrogen-bond acceptors (Lipinski definition) is 2. The second kappa shape index (κ2) is 6.95. The van der Waals surface area contributed by atoms with E-state index >= 15 is 0 Å². The van der Waals surface area contributed by atoms with Crippen molar-refractivity contribution in [2.24, 2.45) is 0 Å². The van der Waals surface area contributed by atoms with Crippen molar-refractivity contribution >= 4 is 46.6 Å². The molecule has 0 radical (unpaired) electrons. The maximum absolute atomic E-state index is 12.1. The first-order valence-corrected chi connectivity index (χ1v) is 8.89. The van der Waals surface area contributed by atoms with Gasteiger partial charge in [-0.1, -0.05) is 47.5 Å². The van der Waals surface area contributed by atoms with E-state index in [0.29, 0.717) is 21.7 Å². The van der Waals surface area contributed by atoms with Gasteiger partial charge in [-0.2, -0.15) is 0 Å². The molecule has 0 saturated heterocycles. The largest absolute Gasteiger partial charge is 0.324 e. The molecule has 0 aliphatic heterocycles. The maximum atomic E-state index is 12.1. The number of halogens is 2. The Morgan fingerprint density at radius 3 is 2.73 bits per heavy atom. The molecule has 1 N–H and O–H groups in total. The summed E-state index contributed by atoms with van der Waals surface area (Å²) in [7, 11) is 0. The van der Waals surface area contributed by atoms with Gasteiger partial charge < -0.3 is 5.32 Å². The van der Waals surface area contributed by atoms with Gasteiger partial charge in [0.05, 0.1) is 16.5 Å². The van der Waals surface area contributed by atoms with Crippen LogP contribution in [-0.2, 0) is 11.2 Å². The zero-order valence-electron chi connectivity index (χ0n) is 11.8. The van der Waals surface area contributed by atoms with Crippen LogP contribution in [0.15, 0.2) is 42.5 Å². The minimum absolute atomic E-state index is 0.0337. The van der Waals surface area contributed by atoms with Crippen molar-refractivity contribution in [1.82, 2.24) is 0 Å². The summed E-state index contributed by atoms with van der Waals surface area (Å²) in [5, 5.41) is 4.58. The average Bonchev–Trinajstić information content (AvgIpc) is 2.92. The van der Waals surface area contributed by atoms with Crippen LogP contribution in [0.3, 0.4) is 0 Å². The van der Waals surface area contributed by atoms with Crippen molar-refractivity contribution in [3.63, 3.8) is 0 Å². The lowest BCUT2D eigenvalue weighted by Crippen LogP contribution is -2.15. The fourth-order valence-corrected chi connectivity index (χ4v) is 4.24. The quantitative estimate of drug-likeness (QED) is 0.803. The summed E-state index contributed by atoms with van der Waals surface area (Å²) < 4.78 is 0. The Morgan fingerprint density at radius 1 is 1.14 bits per heavy atom. The normalized spacial score (nSPS) is 16.4. The van der Waals surface area contributed by atoms with E-state index in [-0.39, 0.29) is 5.91 Å². The van der Waals surface area contributed by atoms with Crippen molar-refractivity contribution in [2.45, 2.75) is 18.1 Å². The molecule has 0 aromatic heterocycles. The number of hydrogen-bond donors (Lipinski definition) is 1. The third-order valence-electron chi connectivity index (χ3n) is 3.72. The average molecular weight is 352 g/mol. The molecular formula is C17H15Cl2NOS. The summed E-state index contributed by atoms with van der Waals surface area (Å²) in [5.74, 6) is 0.371. The molecule has 1 aliphatic rings. The minimum atomic E-state index is -0.0337. The summed E-state index contributed by atoms with van der Waals surface area (Å²) in [5.41, 5.74) is 3.15. The molecule has 0 unspecified atom stereocenters. The van der Waals surface area contributed by atoms with Gasteiger partial charge in [-0.3, -0.25) is 4.79 Å². The highest BCUT2D eigenvalue weighted by atomic mass is 35.5. The Labute approximate surface area is 144 Å². The van der Waals surface area contributed by atoms with Gasteiger partial charge in [-0.05, 0) is 42.2 Å². The first-order chi connectivity index (χ1) is 10.6.